The van der Waals surface area contributed by atoms with Crippen molar-refractivity contribution >= 4 is 27.3 Å². The maximum absolute atomic E-state index is 13.9. The van der Waals surface area contributed by atoms with Crippen LogP contribution in [0.3, 0.4) is 0 Å². The highest BCUT2D eigenvalue weighted by atomic mass is 32.2. The first-order valence-corrected chi connectivity index (χ1v) is 9.41. The number of rotatable bonds is 6. The molecule has 7 heteroatoms. The molecule has 5 nitrogen and oxygen atoms in total. The molecule has 134 valence electrons. The van der Waals surface area contributed by atoms with Gasteiger partial charge in [-0.3, -0.25) is 9.52 Å². The first-order chi connectivity index (χ1) is 11.7. The van der Waals surface area contributed by atoms with Crippen LogP contribution in [0.15, 0.2) is 47.4 Å². The Hall–Kier alpha value is -2.41. The topological polar surface area (TPSA) is 75.3 Å². The molecule has 0 radical (unpaired) electrons. The summed E-state index contributed by atoms with van der Waals surface area (Å²) in [6.45, 7) is 5.43. The summed E-state index contributed by atoms with van der Waals surface area (Å²) in [5.74, 6) is -0.730. The molecule has 0 saturated heterocycles. The third-order valence-corrected chi connectivity index (χ3v) is 5.28. The monoisotopic (exact) mass is 364 g/mol. The Bertz CT molecular complexity index is 864. The lowest BCUT2D eigenvalue weighted by molar-refractivity contribution is -0.114. The average molecular weight is 364 g/mol. The van der Waals surface area contributed by atoms with Gasteiger partial charge in [0, 0.05) is 12.6 Å². The number of carbonyl (C=O) groups excluding carboxylic acids is 1. The summed E-state index contributed by atoms with van der Waals surface area (Å²) in [4.78, 5) is 11.1. The molecule has 2 aromatic rings. The Balaban J connectivity index is 2.27. The lowest BCUT2D eigenvalue weighted by Crippen LogP contribution is -2.15. The van der Waals surface area contributed by atoms with Gasteiger partial charge < -0.3 is 5.32 Å². The molecule has 0 aliphatic rings. The fraction of sp³-hybridized carbons (Fsp3) is 0.278. The molecule has 0 aliphatic heterocycles. The first-order valence-electron chi connectivity index (χ1n) is 7.93. The molecule has 0 spiro atoms. The Morgan fingerprint density at radius 3 is 2.36 bits per heavy atom. The molecule has 0 aromatic heterocycles. The zero-order valence-corrected chi connectivity index (χ0v) is 15.2. The van der Waals surface area contributed by atoms with Gasteiger partial charge in [0.2, 0.25) is 5.91 Å². The number of halogens is 1. The third-order valence-electron chi connectivity index (χ3n) is 3.90. The van der Waals surface area contributed by atoms with E-state index in [4.69, 9.17) is 0 Å². The summed E-state index contributed by atoms with van der Waals surface area (Å²) >= 11 is 0. The van der Waals surface area contributed by atoms with Gasteiger partial charge in [0.15, 0.2) is 0 Å². The molecule has 0 saturated carbocycles. The minimum atomic E-state index is -3.93. The van der Waals surface area contributed by atoms with Crippen LogP contribution in [0, 0.1) is 5.82 Å². The van der Waals surface area contributed by atoms with Gasteiger partial charge in [0.25, 0.3) is 10.0 Å². The van der Waals surface area contributed by atoms with Gasteiger partial charge in [-0.25, -0.2) is 12.8 Å². The standard InChI is InChI=1S/C18H21FN2O3S/c1-4-12(2)14-5-8-16(9-6-14)25(23,24)21-18-11-15(20-13(3)22)7-10-17(18)19/h5-12,21H,4H2,1-3H3,(H,20,22). The van der Waals surface area contributed by atoms with Gasteiger partial charge in [-0.2, -0.15) is 0 Å². The minimum absolute atomic E-state index is 0.0453. The highest BCUT2D eigenvalue weighted by Crippen LogP contribution is 2.25. The number of carbonyl (C=O) groups is 1. The Morgan fingerprint density at radius 2 is 1.80 bits per heavy atom. The smallest absolute Gasteiger partial charge is 0.261 e. The van der Waals surface area contributed by atoms with Crippen molar-refractivity contribution in [2.45, 2.75) is 38.0 Å². The summed E-state index contributed by atoms with van der Waals surface area (Å²) in [5.41, 5.74) is 1.12. The summed E-state index contributed by atoms with van der Waals surface area (Å²) in [5, 5.41) is 2.48. The molecule has 0 bridgehead atoms. The van der Waals surface area contributed by atoms with Gasteiger partial charge in [-0.1, -0.05) is 26.0 Å². The fourth-order valence-electron chi connectivity index (χ4n) is 2.30. The van der Waals surface area contributed by atoms with Crippen molar-refractivity contribution < 1.29 is 17.6 Å². The Morgan fingerprint density at radius 1 is 1.16 bits per heavy atom. The minimum Gasteiger partial charge on any atom is -0.326 e. The van der Waals surface area contributed by atoms with E-state index in [-0.39, 0.29) is 16.5 Å². The van der Waals surface area contributed by atoms with E-state index in [0.29, 0.717) is 11.6 Å². The first kappa shape index (κ1) is 18.9. The van der Waals surface area contributed by atoms with Crippen molar-refractivity contribution in [3.05, 3.63) is 53.8 Å². The molecule has 0 fully saturated rings. The largest absolute Gasteiger partial charge is 0.326 e. The number of nitrogens with one attached hydrogen (secondary N) is 2. The van der Waals surface area contributed by atoms with E-state index in [1.165, 1.54) is 31.2 Å². The summed E-state index contributed by atoms with van der Waals surface area (Å²) in [6, 6.07) is 10.2. The van der Waals surface area contributed by atoms with Crippen molar-refractivity contribution in [1.82, 2.24) is 0 Å². The zero-order chi connectivity index (χ0) is 18.6. The molecule has 1 amide bonds. The average Bonchev–Trinajstić information content (AvgIpc) is 2.56. The van der Waals surface area contributed by atoms with Crippen molar-refractivity contribution in [2.75, 3.05) is 10.0 Å². The van der Waals surface area contributed by atoms with E-state index in [1.54, 1.807) is 12.1 Å². The molecular weight excluding hydrogens is 343 g/mol. The zero-order valence-electron chi connectivity index (χ0n) is 14.3. The summed E-state index contributed by atoms with van der Waals surface area (Å²) < 4.78 is 41.1. The quantitative estimate of drug-likeness (QED) is 0.810. The van der Waals surface area contributed by atoms with Gasteiger partial charge in [0.1, 0.15) is 5.82 Å². The number of hydrogen-bond acceptors (Lipinski definition) is 3. The molecule has 25 heavy (non-hydrogen) atoms. The fourth-order valence-corrected chi connectivity index (χ4v) is 3.36. The van der Waals surface area contributed by atoms with E-state index in [2.05, 4.69) is 23.9 Å². The molecule has 2 N–H and O–H groups in total. The SMILES string of the molecule is CCC(C)c1ccc(S(=O)(=O)Nc2cc(NC(C)=O)ccc2F)cc1. The highest BCUT2D eigenvalue weighted by molar-refractivity contribution is 7.92. The molecule has 1 atom stereocenters. The predicted molar refractivity (Wildman–Crippen MR) is 96.7 cm³/mol. The van der Waals surface area contributed by atoms with Crippen LogP contribution in [0.25, 0.3) is 0 Å². The predicted octanol–water partition coefficient (Wildman–Crippen LogP) is 4.10. The van der Waals surface area contributed by atoms with Gasteiger partial charge in [-0.05, 0) is 48.2 Å². The second kappa shape index (κ2) is 7.65. The molecule has 2 aromatic carbocycles. The van der Waals surface area contributed by atoms with Crippen LogP contribution in [-0.4, -0.2) is 14.3 Å². The number of anilines is 2. The number of benzene rings is 2. The van der Waals surface area contributed by atoms with E-state index in [0.717, 1.165) is 18.1 Å². The molecule has 1 unspecified atom stereocenters. The van der Waals surface area contributed by atoms with Crippen LogP contribution in [0.2, 0.25) is 0 Å². The number of hydrogen-bond donors (Lipinski definition) is 2. The molecule has 2 rings (SSSR count). The van der Waals surface area contributed by atoms with Crippen LogP contribution in [-0.2, 0) is 14.8 Å². The van der Waals surface area contributed by atoms with Crippen molar-refractivity contribution in [3.8, 4) is 0 Å². The van der Waals surface area contributed by atoms with Crippen molar-refractivity contribution in [3.63, 3.8) is 0 Å². The normalized spacial score (nSPS) is 12.5. The van der Waals surface area contributed by atoms with E-state index < -0.39 is 15.8 Å². The van der Waals surface area contributed by atoms with Crippen LogP contribution in [0.4, 0.5) is 15.8 Å². The van der Waals surface area contributed by atoms with Crippen LogP contribution < -0.4 is 10.0 Å². The second-order valence-corrected chi connectivity index (χ2v) is 7.54. The van der Waals surface area contributed by atoms with E-state index in [1.807, 2.05) is 0 Å². The summed E-state index contributed by atoms with van der Waals surface area (Å²) in [6.07, 6.45) is 0.950. The molecule has 0 aliphatic carbocycles. The lowest BCUT2D eigenvalue weighted by atomic mass is 9.99. The number of sulfonamides is 1. The summed E-state index contributed by atoms with van der Waals surface area (Å²) in [7, 11) is -3.93. The van der Waals surface area contributed by atoms with Crippen LogP contribution >= 0.6 is 0 Å². The van der Waals surface area contributed by atoms with Crippen LogP contribution in [0.1, 0.15) is 38.7 Å². The third kappa shape index (κ3) is 4.79. The van der Waals surface area contributed by atoms with Crippen molar-refractivity contribution in [1.29, 1.82) is 0 Å². The molecular formula is C18H21FN2O3S. The van der Waals surface area contributed by atoms with E-state index in [9.17, 15) is 17.6 Å². The highest BCUT2D eigenvalue weighted by Gasteiger charge is 2.17. The van der Waals surface area contributed by atoms with Crippen LogP contribution in [0.5, 0.6) is 0 Å². The number of amides is 1. The molecule has 0 heterocycles. The maximum Gasteiger partial charge on any atom is 0.261 e. The van der Waals surface area contributed by atoms with Crippen molar-refractivity contribution in [2.24, 2.45) is 0 Å². The van der Waals surface area contributed by atoms with Gasteiger partial charge in [-0.15, -0.1) is 0 Å². The Labute approximate surface area is 147 Å². The van der Waals surface area contributed by atoms with Gasteiger partial charge in [0.05, 0.1) is 10.6 Å². The maximum atomic E-state index is 13.9. The lowest BCUT2D eigenvalue weighted by Gasteiger charge is -2.13. The second-order valence-electron chi connectivity index (χ2n) is 5.86. The van der Waals surface area contributed by atoms with Gasteiger partial charge >= 0.3 is 0 Å². The van der Waals surface area contributed by atoms with E-state index >= 15 is 0 Å². The Kier molecular flexibility index (Phi) is 5.79.